The predicted molar refractivity (Wildman–Crippen MR) is 153 cm³/mol. The van der Waals surface area contributed by atoms with Crippen LogP contribution in [0.1, 0.15) is 38.9 Å². The molecule has 0 N–H and O–H groups in total. The van der Waals surface area contributed by atoms with Crippen molar-refractivity contribution in [2.75, 3.05) is 14.2 Å². The largest absolute Gasteiger partial charge is 0.468 e. The number of halogens is 1. The summed E-state index contributed by atoms with van der Waals surface area (Å²) in [6.07, 6.45) is -1.24. The first-order chi connectivity index (χ1) is 18.1. The van der Waals surface area contributed by atoms with Gasteiger partial charge in [-0.1, -0.05) is 122 Å². The maximum absolute atomic E-state index is 13.4. The first-order valence-corrected chi connectivity index (χ1v) is 15.4. The highest BCUT2D eigenvalue weighted by Crippen LogP contribution is 2.54. The summed E-state index contributed by atoms with van der Waals surface area (Å²) in [5.74, 6) is -1.36. The highest BCUT2D eigenvalue weighted by atomic mass is 35.5. The normalized spacial score (nSPS) is 19.1. The van der Waals surface area contributed by atoms with E-state index in [0.717, 1.165) is 0 Å². The van der Waals surface area contributed by atoms with Gasteiger partial charge in [0.25, 0.3) is 0 Å². The van der Waals surface area contributed by atoms with E-state index in [0.29, 0.717) is 16.6 Å². The molecule has 1 saturated heterocycles. The summed E-state index contributed by atoms with van der Waals surface area (Å²) >= 11 is 6.60. The van der Waals surface area contributed by atoms with Crippen LogP contribution in [0.15, 0.2) is 84.9 Å². The average molecular weight is 551 g/mol. The van der Waals surface area contributed by atoms with Crippen molar-refractivity contribution in [2.24, 2.45) is 5.41 Å². The van der Waals surface area contributed by atoms with Crippen LogP contribution in [0, 0.1) is 5.41 Å². The topological polar surface area (TPSA) is 61.8 Å². The van der Waals surface area contributed by atoms with E-state index in [1.165, 1.54) is 24.6 Å². The summed E-state index contributed by atoms with van der Waals surface area (Å²) in [6.45, 7) is 6.81. The van der Waals surface area contributed by atoms with Crippen LogP contribution in [0.5, 0.6) is 0 Å². The highest BCUT2D eigenvalue weighted by molar-refractivity contribution is 7.04. The van der Waals surface area contributed by atoms with E-state index < -0.39 is 37.6 Å². The Morgan fingerprint density at radius 1 is 0.868 bits per heavy atom. The molecule has 0 spiro atoms. The fraction of sp³-hybridized carbons (Fsp3) is 0.355. The molecule has 0 bridgehead atoms. The lowest BCUT2D eigenvalue weighted by molar-refractivity contribution is -0.173. The number of rotatable bonds is 7. The molecule has 3 aromatic rings. The van der Waals surface area contributed by atoms with Crippen LogP contribution in [-0.4, -0.2) is 40.3 Å². The predicted octanol–water partition coefficient (Wildman–Crippen LogP) is 5.57. The standard InChI is InChI=1S/C31H35ClO5Si/c1-30(2,3)38(23-14-8-6-9-15-23,24-16-10-7-11-17-24)21-22-20-31(28(33)35-4,29(34)36-5)27(37-22)25-18-12-13-19-26(25)32/h6-19,22,27H,20-21H2,1-5H3. The molecule has 1 heterocycles. The Bertz CT molecular complexity index is 1220. The Labute approximate surface area is 231 Å². The van der Waals surface area contributed by atoms with Crippen molar-refractivity contribution in [3.63, 3.8) is 0 Å². The van der Waals surface area contributed by atoms with Gasteiger partial charge in [0.1, 0.15) is 14.2 Å². The van der Waals surface area contributed by atoms with Gasteiger partial charge in [-0.3, -0.25) is 9.59 Å². The molecular weight excluding hydrogens is 516 g/mol. The Hall–Kier alpha value is -2.93. The lowest BCUT2D eigenvalue weighted by Gasteiger charge is -2.45. The van der Waals surface area contributed by atoms with Gasteiger partial charge in [-0.25, -0.2) is 0 Å². The van der Waals surface area contributed by atoms with Gasteiger partial charge in [0.05, 0.1) is 20.3 Å². The van der Waals surface area contributed by atoms with Crippen molar-refractivity contribution in [1.82, 2.24) is 0 Å². The number of ether oxygens (including phenoxy) is 3. The van der Waals surface area contributed by atoms with Crippen molar-refractivity contribution in [1.29, 1.82) is 0 Å². The number of carbonyl (C=O) groups excluding carboxylic acids is 2. The molecule has 38 heavy (non-hydrogen) atoms. The molecule has 0 amide bonds. The van der Waals surface area contributed by atoms with Gasteiger partial charge in [0, 0.05) is 17.0 Å². The molecular formula is C31H35ClO5Si. The summed E-state index contributed by atoms with van der Waals surface area (Å²) < 4.78 is 17.2. The van der Waals surface area contributed by atoms with Crippen LogP contribution in [-0.2, 0) is 23.8 Å². The maximum atomic E-state index is 13.4. The number of benzene rings is 3. The molecule has 1 fully saturated rings. The number of esters is 2. The molecule has 0 saturated carbocycles. The average Bonchev–Trinajstić information content (AvgIpc) is 3.31. The Morgan fingerprint density at radius 3 is 1.79 bits per heavy atom. The number of carbonyl (C=O) groups is 2. The summed E-state index contributed by atoms with van der Waals surface area (Å²) in [4.78, 5) is 26.9. The summed E-state index contributed by atoms with van der Waals surface area (Å²) in [7, 11) is -0.00540. The second-order valence-electron chi connectivity index (χ2n) is 10.9. The molecule has 7 heteroatoms. The first kappa shape index (κ1) is 28.1. The van der Waals surface area contributed by atoms with Gasteiger partial charge in [-0.15, -0.1) is 0 Å². The summed E-state index contributed by atoms with van der Waals surface area (Å²) in [5.41, 5.74) is -1.11. The van der Waals surface area contributed by atoms with E-state index in [1.54, 1.807) is 18.2 Å². The Balaban J connectivity index is 1.91. The molecule has 2 unspecified atom stereocenters. The van der Waals surface area contributed by atoms with Crippen molar-refractivity contribution in [3.8, 4) is 0 Å². The van der Waals surface area contributed by atoms with E-state index in [4.69, 9.17) is 25.8 Å². The molecule has 3 aromatic carbocycles. The van der Waals surface area contributed by atoms with E-state index in [-0.39, 0.29) is 11.5 Å². The zero-order chi connectivity index (χ0) is 27.6. The summed E-state index contributed by atoms with van der Waals surface area (Å²) in [6, 6.07) is 28.9. The lowest BCUT2D eigenvalue weighted by Crippen LogP contribution is -2.65. The first-order valence-electron chi connectivity index (χ1n) is 12.8. The zero-order valence-electron chi connectivity index (χ0n) is 22.6. The smallest absolute Gasteiger partial charge is 0.326 e. The molecule has 1 aliphatic heterocycles. The number of hydrogen-bond acceptors (Lipinski definition) is 5. The Morgan fingerprint density at radius 2 is 1.34 bits per heavy atom. The van der Waals surface area contributed by atoms with Gasteiger partial charge < -0.3 is 14.2 Å². The highest BCUT2D eigenvalue weighted by Gasteiger charge is 2.64. The summed E-state index contributed by atoms with van der Waals surface area (Å²) in [5, 5.41) is 2.83. The van der Waals surface area contributed by atoms with Crippen molar-refractivity contribution < 1.29 is 23.8 Å². The zero-order valence-corrected chi connectivity index (χ0v) is 24.3. The minimum atomic E-state index is -2.57. The molecule has 0 radical (unpaired) electrons. The molecule has 1 aliphatic rings. The van der Waals surface area contributed by atoms with Crippen LogP contribution in [0.25, 0.3) is 0 Å². The molecule has 0 aromatic heterocycles. The van der Waals surface area contributed by atoms with Crippen LogP contribution in [0.4, 0.5) is 0 Å². The van der Waals surface area contributed by atoms with Gasteiger partial charge in [0.15, 0.2) is 5.41 Å². The van der Waals surface area contributed by atoms with Crippen molar-refractivity contribution in [2.45, 2.75) is 50.5 Å². The van der Waals surface area contributed by atoms with E-state index in [9.17, 15) is 9.59 Å². The van der Waals surface area contributed by atoms with Gasteiger partial charge in [-0.05, 0) is 17.1 Å². The third-order valence-electron chi connectivity index (χ3n) is 7.96. The van der Waals surface area contributed by atoms with E-state index >= 15 is 0 Å². The van der Waals surface area contributed by atoms with E-state index in [1.807, 2.05) is 18.2 Å². The quantitative estimate of drug-likeness (QED) is 0.219. The maximum Gasteiger partial charge on any atom is 0.326 e. The van der Waals surface area contributed by atoms with Gasteiger partial charge >= 0.3 is 11.9 Å². The SMILES string of the molecule is COC(=O)C1(C(=O)OC)CC(C[Si](c2ccccc2)(c2ccccc2)C(C)(C)C)OC1c1ccccc1Cl. The van der Waals surface area contributed by atoms with Crippen LogP contribution in [0.2, 0.25) is 16.1 Å². The van der Waals surface area contributed by atoms with Crippen LogP contribution in [0.3, 0.4) is 0 Å². The van der Waals surface area contributed by atoms with Crippen molar-refractivity contribution >= 4 is 42.0 Å². The molecule has 0 aliphatic carbocycles. The monoisotopic (exact) mass is 550 g/mol. The van der Waals surface area contributed by atoms with E-state index in [2.05, 4.69) is 69.3 Å². The molecule has 200 valence electrons. The van der Waals surface area contributed by atoms with Gasteiger partial charge in [0.2, 0.25) is 0 Å². The number of methoxy groups -OCH3 is 2. The second kappa shape index (κ2) is 11.0. The van der Waals surface area contributed by atoms with Gasteiger partial charge in [-0.2, -0.15) is 0 Å². The third kappa shape index (κ3) is 4.70. The Kier molecular flexibility index (Phi) is 8.16. The van der Waals surface area contributed by atoms with Crippen LogP contribution >= 0.6 is 11.6 Å². The third-order valence-corrected chi connectivity index (χ3v) is 14.6. The minimum Gasteiger partial charge on any atom is -0.468 e. The minimum absolute atomic E-state index is 0.124. The number of hydrogen-bond donors (Lipinski definition) is 0. The second-order valence-corrected chi connectivity index (χ2v) is 16.2. The van der Waals surface area contributed by atoms with Crippen LogP contribution < -0.4 is 10.4 Å². The lowest BCUT2D eigenvalue weighted by atomic mass is 9.77. The van der Waals surface area contributed by atoms with Crippen molar-refractivity contribution in [3.05, 3.63) is 95.5 Å². The molecule has 2 atom stereocenters. The fourth-order valence-electron chi connectivity index (χ4n) is 6.16. The fourth-order valence-corrected chi connectivity index (χ4v) is 12.0. The molecule has 5 nitrogen and oxygen atoms in total. The molecule has 4 rings (SSSR count).